The number of carbonyl (C=O) groups excluding carboxylic acids is 1. The first-order valence-electron chi connectivity index (χ1n) is 9.73. The molecule has 1 aromatic heterocycles. The van der Waals surface area contributed by atoms with Crippen LogP contribution in [0.1, 0.15) is 23.2 Å². The molecule has 1 N–H and O–H groups in total. The zero-order valence-corrected chi connectivity index (χ0v) is 17.3. The number of hydrogen-bond acceptors (Lipinski definition) is 8. The Kier molecular flexibility index (Phi) is 5.91. The lowest BCUT2D eigenvalue weighted by atomic mass is 9.78. The van der Waals surface area contributed by atoms with Crippen LogP contribution in [0, 0.1) is 11.8 Å². The van der Waals surface area contributed by atoms with Gasteiger partial charge in [0, 0.05) is 19.3 Å². The molecule has 1 saturated heterocycles. The number of carbonyl (C=O) groups is 1. The number of thioether (sulfide) groups is 1. The summed E-state index contributed by atoms with van der Waals surface area (Å²) in [5.41, 5.74) is 0.375. The highest BCUT2D eigenvalue weighted by atomic mass is 32.2. The third-order valence-corrected chi connectivity index (χ3v) is 6.41. The lowest BCUT2D eigenvalue weighted by Crippen LogP contribution is -2.42. The number of aliphatic hydroxyl groups is 1. The maximum absolute atomic E-state index is 12.0. The van der Waals surface area contributed by atoms with Gasteiger partial charge in [-0.2, -0.15) is 0 Å². The van der Waals surface area contributed by atoms with E-state index in [9.17, 15) is 9.90 Å². The van der Waals surface area contributed by atoms with E-state index < -0.39 is 12.1 Å². The van der Waals surface area contributed by atoms with Crippen LogP contribution in [-0.4, -0.2) is 59.7 Å². The Hall–Kier alpha value is -2.32. The van der Waals surface area contributed by atoms with Crippen molar-refractivity contribution < 1.29 is 19.4 Å². The van der Waals surface area contributed by atoms with Gasteiger partial charge in [-0.05, 0) is 49.1 Å². The maximum atomic E-state index is 12.0. The lowest BCUT2D eigenvalue weighted by molar-refractivity contribution is -0.0237. The van der Waals surface area contributed by atoms with Crippen LogP contribution < -0.4 is 9.64 Å². The molecule has 2 aliphatic rings. The molecular weight excluding hydrogens is 390 g/mol. The van der Waals surface area contributed by atoms with E-state index in [-0.39, 0.29) is 6.10 Å². The van der Waals surface area contributed by atoms with Gasteiger partial charge in [0.25, 0.3) is 0 Å². The number of aromatic nitrogens is 2. The van der Waals surface area contributed by atoms with Gasteiger partial charge in [-0.15, -0.1) is 11.8 Å². The number of esters is 1. The number of methoxy groups -OCH3 is 1. The highest BCUT2D eigenvalue weighted by molar-refractivity contribution is 7.98. The number of ether oxygens (including phenoxy) is 2. The predicted octanol–water partition coefficient (Wildman–Crippen LogP) is 2.64. The van der Waals surface area contributed by atoms with Gasteiger partial charge in [-0.3, -0.25) is 0 Å². The van der Waals surface area contributed by atoms with Crippen molar-refractivity contribution in [3.8, 4) is 5.75 Å². The summed E-state index contributed by atoms with van der Waals surface area (Å²) in [6.45, 7) is 1.68. The van der Waals surface area contributed by atoms with Crippen LogP contribution in [0.2, 0.25) is 0 Å². The SMILES string of the molecule is COC(=O)c1ccccc1O[C@@H]1C[C@@H]2CN(c3nccc(SC)n3)C[C@@H]2C[C@H]1O. The molecule has 29 heavy (non-hydrogen) atoms. The Balaban J connectivity index is 1.47. The summed E-state index contributed by atoms with van der Waals surface area (Å²) in [6.07, 6.45) is 4.23. The van der Waals surface area contributed by atoms with Crippen LogP contribution in [0.5, 0.6) is 5.75 Å². The van der Waals surface area contributed by atoms with Gasteiger partial charge < -0.3 is 19.5 Å². The lowest BCUT2D eigenvalue weighted by Gasteiger charge is -2.35. The first kappa shape index (κ1) is 20.0. The second kappa shape index (κ2) is 8.59. The van der Waals surface area contributed by atoms with Gasteiger partial charge in [-0.25, -0.2) is 14.8 Å². The molecule has 0 bridgehead atoms. The molecule has 1 aliphatic heterocycles. The van der Waals surface area contributed by atoms with Crippen molar-refractivity contribution in [2.24, 2.45) is 11.8 Å². The van der Waals surface area contributed by atoms with E-state index in [2.05, 4.69) is 14.9 Å². The van der Waals surface area contributed by atoms with E-state index in [1.54, 1.807) is 36.2 Å². The third-order valence-electron chi connectivity index (χ3n) is 5.76. The zero-order chi connectivity index (χ0) is 20.4. The largest absolute Gasteiger partial charge is 0.487 e. The van der Waals surface area contributed by atoms with Crippen LogP contribution in [0.3, 0.4) is 0 Å². The highest BCUT2D eigenvalue weighted by Gasteiger charge is 2.43. The average molecular weight is 416 g/mol. The third kappa shape index (κ3) is 4.18. The molecular formula is C21H25N3O4S. The average Bonchev–Trinajstić information content (AvgIpc) is 3.16. The molecule has 0 amide bonds. The van der Waals surface area contributed by atoms with Gasteiger partial charge in [-0.1, -0.05) is 12.1 Å². The van der Waals surface area contributed by atoms with Crippen LogP contribution in [0.4, 0.5) is 5.95 Å². The van der Waals surface area contributed by atoms with Gasteiger partial charge in [0.15, 0.2) is 0 Å². The molecule has 8 heteroatoms. The topological polar surface area (TPSA) is 84.8 Å². The van der Waals surface area contributed by atoms with Gasteiger partial charge >= 0.3 is 5.97 Å². The molecule has 2 heterocycles. The highest BCUT2D eigenvalue weighted by Crippen LogP contribution is 2.39. The van der Waals surface area contributed by atoms with Gasteiger partial charge in [0.2, 0.25) is 5.95 Å². The summed E-state index contributed by atoms with van der Waals surface area (Å²) in [7, 11) is 1.35. The van der Waals surface area contributed by atoms with Crippen molar-refractivity contribution >= 4 is 23.7 Å². The second-order valence-electron chi connectivity index (χ2n) is 7.51. The summed E-state index contributed by atoms with van der Waals surface area (Å²) < 4.78 is 10.9. The van der Waals surface area contributed by atoms with E-state index in [0.717, 1.165) is 30.5 Å². The number of para-hydroxylation sites is 1. The van der Waals surface area contributed by atoms with Crippen LogP contribution in [0.25, 0.3) is 0 Å². The number of benzene rings is 1. The molecule has 7 nitrogen and oxygen atoms in total. The number of anilines is 1. The van der Waals surface area contributed by atoms with E-state index in [4.69, 9.17) is 9.47 Å². The standard InChI is InChI=1S/C21H25N3O4S/c1-27-20(26)15-5-3-4-6-17(15)28-18-10-14-12-24(11-13(14)9-16(18)25)21-22-8-7-19(23-21)29-2/h3-8,13-14,16,18,25H,9-12H2,1-2H3/t13-,14+,16+,18+/m0/s1. The Morgan fingerprint density at radius 1 is 1.21 bits per heavy atom. The normalized spacial score (nSPS) is 26.1. The molecule has 0 radical (unpaired) electrons. The van der Waals surface area contributed by atoms with Crippen LogP contribution in [-0.2, 0) is 4.74 Å². The molecule has 1 aromatic carbocycles. The smallest absolute Gasteiger partial charge is 0.341 e. The Morgan fingerprint density at radius 2 is 1.97 bits per heavy atom. The Morgan fingerprint density at radius 3 is 2.72 bits per heavy atom. The zero-order valence-electron chi connectivity index (χ0n) is 16.5. The molecule has 0 unspecified atom stereocenters. The molecule has 154 valence electrons. The number of fused-ring (bicyclic) bond motifs is 1. The van der Waals surface area contributed by atoms with Crippen molar-refractivity contribution in [2.75, 3.05) is 31.4 Å². The fraction of sp³-hybridized carbons (Fsp3) is 0.476. The quantitative estimate of drug-likeness (QED) is 0.453. The van der Waals surface area contributed by atoms with Crippen molar-refractivity contribution in [2.45, 2.75) is 30.1 Å². The molecule has 2 aromatic rings. The molecule has 1 aliphatic carbocycles. The van der Waals surface area contributed by atoms with E-state index in [1.165, 1.54) is 7.11 Å². The fourth-order valence-electron chi connectivity index (χ4n) is 4.29. The monoisotopic (exact) mass is 415 g/mol. The van der Waals surface area contributed by atoms with E-state index >= 15 is 0 Å². The molecule has 4 rings (SSSR count). The molecule has 0 spiro atoms. The summed E-state index contributed by atoms with van der Waals surface area (Å²) in [5, 5.41) is 11.7. The first-order valence-corrected chi connectivity index (χ1v) is 11.0. The van der Waals surface area contributed by atoms with E-state index in [0.29, 0.717) is 29.6 Å². The Labute approximate surface area is 174 Å². The predicted molar refractivity (Wildman–Crippen MR) is 110 cm³/mol. The van der Waals surface area contributed by atoms with Crippen molar-refractivity contribution in [3.63, 3.8) is 0 Å². The van der Waals surface area contributed by atoms with Crippen molar-refractivity contribution in [1.29, 1.82) is 0 Å². The molecule has 2 fully saturated rings. The van der Waals surface area contributed by atoms with Gasteiger partial charge in [0.05, 0.1) is 13.2 Å². The first-order chi connectivity index (χ1) is 14.1. The summed E-state index contributed by atoms with van der Waals surface area (Å²) in [6, 6.07) is 8.90. The van der Waals surface area contributed by atoms with Crippen LogP contribution in [0.15, 0.2) is 41.6 Å². The minimum absolute atomic E-state index is 0.361. The number of hydrogen-bond donors (Lipinski definition) is 1. The van der Waals surface area contributed by atoms with Crippen molar-refractivity contribution in [3.05, 3.63) is 42.1 Å². The number of aliphatic hydroxyl groups excluding tert-OH is 1. The van der Waals surface area contributed by atoms with E-state index in [1.807, 2.05) is 18.4 Å². The number of rotatable bonds is 5. The summed E-state index contributed by atoms with van der Waals surface area (Å²) in [5.74, 6) is 1.51. The molecule has 1 saturated carbocycles. The Bertz CT molecular complexity index is 881. The second-order valence-corrected chi connectivity index (χ2v) is 8.33. The summed E-state index contributed by atoms with van der Waals surface area (Å²) >= 11 is 1.60. The number of nitrogens with zero attached hydrogens (tertiary/aromatic N) is 3. The van der Waals surface area contributed by atoms with Gasteiger partial charge in [0.1, 0.15) is 22.4 Å². The fourth-order valence-corrected chi connectivity index (χ4v) is 4.66. The minimum atomic E-state index is -0.583. The van der Waals surface area contributed by atoms with Crippen LogP contribution >= 0.6 is 11.8 Å². The summed E-state index contributed by atoms with van der Waals surface area (Å²) in [4.78, 5) is 23.2. The van der Waals surface area contributed by atoms with Crippen molar-refractivity contribution in [1.82, 2.24) is 9.97 Å². The minimum Gasteiger partial charge on any atom is -0.487 e. The molecule has 4 atom stereocenters. The maximum Gasteiger partial charge on any atom is 0.341 e.